The predicted molar refractivity (Wildman–Crippen MR) is 117 cm³/mol. The lowest BCUT2D eigenvalue weighted by atomic mass is 10.1. The Hall–Kier alpha value is -3.88. The first kappa shape index (κ1) is 20.4. The van der Waals surface area contributed by atoms with Gasteiger partial charge in [0.15, 0.2) is 0 Å². The van der Waals surface area contributed by atoms with Crippen LogP contribution < -0.4 is 5.32 Å². The Morgan fingerprint density at radius 1 is 1.06 bits per heavy atom. The van der Waals surface area contributed by atoms with Crippen LogP contribution in [0.2, 0.25) is 0 Å². The number of carbonyl (C=O) groups excluding carboxylic acids is 1. The van der Waals surface area contributed by atoms with Gasteiger partial charge in [-0.3, -0.25) is 24.1 Å². The third-order valence-corrected chi connectivity index (χ3v) is 4.98. The summed E-state index contributed by atoms with van der Waals surface area (Å²) in [6, 6.07) is 3.87. The topological polar surface area (TPSA) is 103 Å². The first-order valence-electron chi connectivity index (χ1n) is 10.0. The molecule has 0 aliphatic heterocycles. The summed E-state index contributed by atoms with van der Waals surface area (Å²) in [5.74, 6) is 0.271. The number of hydrogen-bond donors (Lipinski definition) is 1. The summed E-state index contributed by atoms with van der Waals surface area (Å²) in [5.41, 5.74) is 5.34. The van der Waals surface area contributed by atoms with Crippen molar-refractivity contribution in [3.63, 3.8) is 0 Å². The molecule has 158 valence electrons. The molecule has 4 rings (SSSR count). The Morgan fingerprint density at radius 3 is 2.55 bits per heavy atom. The summed E-state index contributed by atoms with van der Waals surface area (Å²) >= 11 is 0. The van der Waals surface area contributed by atoms with Crippen molar-refractivity contribution in [2.45, 2.75) is 40.3 Å². The molecule has 0 saturated carbocycles. The van der Waals surface area contributed by atoms with Crippen molar-refractivity contribution in [1.29, 1.82) is 0 Å². The van der Waals surface area contributed by atoms with Crippen LogP contribution >= 0.6 is 0 Å². The Labute approximate surface area is 180 Å². The van der Waals surface area contributed by atoms with Crippen LogP contribution in [-0.4, -0.2) is 40.4 Å². The maximum atomic E-state index is 12.6. The van der Waals surface area contributed by atoms with Gasteiger partial charge >= 0.3 is 0 Å². The molecule has 4 aromatic rings. The molecule has 0 bridgehead atoms. The van der Waals surface area contributed by atoms with Gasteiger partial charge in [0.05, 0.1) is 23.8 Å². The van der Waals surface area contributed by atoms with Gasteiger partial charge in [0, 0.05) is 53.2 Å². The third-order valence-electron chi connectivity index (χ3n) is 4.98. The van der Waals surface area contributed by atoms with E-state index in [0.717, 1.165) is 33.8 Å². The van der Waals surface area contributed by atoms with Crippen LogP contribution in [0.4, 0.5) is 5.82 Å². The number of nitrogens with zero attached hydrogens (tertiary/aromatic N) is 7. The van der Waals surface area contributed by atoms with E-state index >= 15 is 0 Å². The summed E-state index contributed by atoms with van der Waals surface area (Å²) < 4.78 is 3.62. The molecule has 9 heteroatoms. The molecule has 4 aromatic heterocycles. The number of anilines is 1. The van der Waals surface area contributed by atoms with Crippen molar-refractivity contribution in [2.24, 2.45) is 0 Å². The van der Waals surface area contributed by atoms with Crippen LogP contribution in [0.5, 0.6) is 0 Å². The van der Waals surface area contributed by atoms with E-state index in [1.165, 1.54) is 0 Å². The average molecular weight is 416 g/mol. The second kappa shape index (κ2) is 8.47. The first-order chi connectivity index (χ1) is 14.9. The fraction of sp³-hybridized carbons (Fsp3) is 0.273. The molecule has 0 aliphatic rings. The lowest BCUT2D eigenvalue weighted by Crippen LogP contribution is -2.20. The highest BCUT2D eigenvalue weighted by Gasteiger charge is 2.17. The molecule has 0 aromatic carbocycles. The molecule has 1 amide bonds. The molecule has 31 heavy (non-hydrogen) atoms. The van der Waals surface area contributed by atoms with Gasteiger partial charge < -0.3 is 5.32 Å². The number of carbonyl (C=O) groups is 1. The van der Waals surface area contributed by atoms with E-state index in [1.807, 2.05) is 37.0 Å². The quantitative estimate of drug-likeness (QED) is 0.516. The zero-order chi connectivity index (χ0) is 22.0. The highest BCUT2D eigenvalue weighted by atomic mass is 16.2. The van der Waals surface area contributed by atoms with E-state index in [4.69, 9.17) is 0 Å². The van der Waals surface area contributed by atoms with Crippen LogP contribution in [0.25, 0.3) is 22.4 Å². The fourth-order valence-corrected chi connectivity index (χ4v) is 3.40. The summed E-state index contributed by atoms with van der Waals surface area (Å²) in [7, 11) is 0. The summed E-state index contributed by atoms with van der Waals surface area (Å²) in [5, 5.41) is 11.8. The highest BCUT2D eigenvalue weighted by molar-refractivity contribution is 5.89. The first-order valence-corrected chi connectivity index (χ1v) is 10.0. The maximum absolute atomic E-state index is 12.6. The normalized spacial score (nSPS) is 11.1. The van der Waals surface area contributed by atoms with Gasteiger partial charge in [0.25, 0.3) is 0 Å². The average Bonchev–Trinajstić information content (AvgIpc) is 3.34. The van der Waals surface area contributed by atoms with Crippen LogP contribution in [-0.2, 0) is 11.3 Å². The van der Waals surface area contributed by atoms with Gasteiger partial charge in [-0.1, -0.05) is 0 Å². The van der Waals surface area contributed by atoms with Crippen molar-refractivity contribution in [1.82, 2.24) is 34.5 Å². The van der Waals surface area contributed by atoms with Gasteiger partial charge in [-0.05, 0) is 39.8 Å². The number of aryl methyl sites for hydroxylation is 1. The van der Waals surface area contributed by atoms with Crippen molar-refractivity contribution in [2.75, 3.05) is 5.32 Å². The molecular weight excluding hydrogens is 392 g/mol. The van der Waals surface area contributed by atoms with Crippen molar-refractivity contribution >= 4 is 11.7 Å². The largest absolute Gasteiger partial charge is 0.309 e. The van der Waals surface area contributed by atoms with Crippen LogP contribution in [0.15, 0.2) is 49.3 Å². The minimum Gasteiger partial charge on any atom is -0.309 e. The number of amides is 1. The van der Waals surface area contributed by atoms with Gasteiger partial charge in [-0.15, -0.1) is 0 Å². The highest BCUT2D eigenvalue weighted by Crippen LogP contribution is 2.27. The third kappa shape index (κ3) is 4.35. The van der Waals surface area contributed by atoms with Gasteiger partial charge in [0.1, 0.15) is 12.4 Å². The fourth-order valence-electron chi connectivity index (χ4n) is 3.40. The van der Waals surface area contributed by atoms with Gasteiger partial charge in [0.2, 0.25) is 5.91 Å². The molecule has 0 atom stereocenters. The Kier molecular flexibility index (Phi) is 5.57. The Morgan fingerprint density at radius 2 is 1.90 bits per heavy atom. The number of hydrogen-bond acceptors (Lipinski definition) is 6. The van der Waals surface area contributed by atoms with Crippen LogP contribution in [0, 0.1) is 13.8 Å². The van der Waals surface area contributed by atoms with Crippen LogP contribution in [0.1, 0.15) is 31.3 Å². The standard InChI is InChI=1S/C22H24N8O/c1-14(2)29-12-18(10-26-29)22-15(3)28-30(16(22)4)13-21(31)27-20-6-5-17(9-25-20)19-11-23-7-8-24-19/h5-12,14H,13H2,1-4H3,(H,25,27,31). The van der Waals surface area contributed by atoms with E-state index in [1.54, 1.807) is 35.5 Å². The number of pyridine rings is 1. The van der Waals surface area contributed by atoms with Crippen molar-refractivity contribution in [3.05, 3.63) is 60.7 Å². The molecular formula is C22H24N8O. The van der Waals surface area contributed by atoms with E-state index in [9.17, 15) is 4.79 Å². The molecule has 0 fully saturated rings. The van der Waals surface area contributed by atoms with Crippen LogP contribution in [0.3, 0.4) is 0 Å². The molecule has 0 unspecified atom stereocenters. The molecule has 0 aliphatic carbocycles. The minimum atomic E-state index is -0.199. The molecule has 9 nitrogen and oxygen atoms in total. The number of nitrogens with one attached hydrogen (secondary N) is 1. The van der Waals surface area contributed by atoms with E-state index in [2.05, 4.69) is 44.3 Å². The van der Waals surface area contributed by atoms with E-state index in [-0.39, 0.29) is 18.5 Å². The lowest BCUT2D eigenvalue weighted by Gasteiger charge is -2.07. The molecule has 1 N–H and O–H groups in total. The summed E-state index contributed by atoms with van der Waals surface area (Å²) in [6.45, 7) is 8.16. The smallest absolute Gasteiger partial charge is 0.247 e. The van der Waals surface area contributed by atoms with E-state index < -0.39 is 0 Å². The number of aromatic nitrogens is 7. The monoisotopic (exact) mass is 416 g/mol. The second-order valence-corrected chi connectivity index (χ2v) is 7.58. The minimum absolute atomic E-state index is 0.0958. The zero-order valence-corrected chi connectivity index (χ0v) is 17.9. The van der Waals surface area contributed by atoms with Crippen molar-refractivity contribution < 1.29 is 4.79 Å². The molecule has 4 heterocycles. The Balaban J connectivity index is 1.46. The van der Waals surface area contributed by atoms with E-state index in [0.29, 0.717) is 5.82 Å². The second-order valence-electron chi connectivity index (χ2n) is 7.58. The number of rotatable bonds is 6. The van der Waals surface area contributed by atoms with Gasteiger partial charge in [-0.2, -0.15) is 10.2 Å². The summed E-state index contributed by atoms with van der Waals surface area (Å²) in [4.78, 5) is 25.2. The molecule has 0 radical (unpaired) electrons. The van der Waals surface area contributed by atoms with Crippen molar-refractivity contribution in [3.8, 4) is 22.4 Å². The van der Waals surface area contributed by atoms with Gasteiger partial charge in [-0.25, -0.2) is 4.98 Å². The molecule has 0 saturated heterocycles. The zero-order valence-electron chi connectivity index (χ0n) is 17.9. The SMILES string of the molecule is Cc1nn(CC(=O)Nc2ccc(-c3cnccn3)cn2)c(C)c1-c1cnn(C(C)C)c1. The summed E-state index contributed by atoms with van der Waals surface area (Å²) in [6.07, 6.45) is 10.4. The molecule has 0 spiro atoms. The maximum Gasteiger partial charge on any atom is 0.247 e. The Bertz CT molecular complexity index is 1190. The lowest BCUT2D eigenvalue weighted by molar-refractivity contribution is -0.117. The predicted octanol–water partition coefficient (Wildman–Crippen LogP) is 3.44.